The van der Waals surface area contributed by atoms with Gasteiger partial charge < -0.3 is 0 Å². The molecule has 1 aromatic carbocycles. The van der Waals surface area contributed by atoms with Crippen molar-refractivity contribution in [3.8, 4) is 0 Å². The summed E-state index contributed by atoms with van der Waals surface area (Å²) in [6, 6.07) is 8.77. The van der Waals surface area contributed by atoms with Crippen molar-refractivity contribution in [3.63, 3.8) is 0 Å². The van der Waals surface area contributed by atoms with Gasteiger partial charge >= 0.3 is 0 Å². The van der Waals surface area contributed by atoms with Gasteiger partial charge in [-0.3, -0.25) is 9.59 Å². The van der Waals surface area contributed by atoms with Crippen molar-refractivity contribution in [2.45, 2.75) is 122 Å². The Balaban J connectivity index is 1.43. The number of ketones is 2. The minimum absolute atomic E-state index is 0.141. The Bertz CT molecular complexity index is 696. The highest BCUT2D eigenvalue weighted by atomic mass is 16.1. The van der Waals surface area contributed by atoms with Crippen molar-refractivity contribution >= 4 is 11.6 Å². The van der Waals surface area contributed by atoms with Gasteiger partial charge in [0.15, 0.2) is 0 Å². The molecule has 0 amide bonds. The number of rotatable bonds is 12. The van der Waals surface area contributed by atoms with Gasteiger partial charge in [0, 0.05) is 12.8 Å². The summed E-state index contributed by atoms with van der Waals surface area (Å²) < 4.78 is 0. The zero-order valence-electron chi connectivity index (χ0n) is 20.7. The third-order valence-corrected chi connectivity index (χ3v) is 8.24. The van der Waals surface area contributed by atoms with Crippen LogP contribution >= 0.6 is 0 Å². The SMILES string of the molecule is CCCCCC1CCC(C(=O)Cc2ccc([C@H]3CC[C@H](CCCCC)CC3)cc2)C(=O)C1. The standard InChI is InChI=1S/C30H46O2/c1-3-5-7-9-23-11-16-26(17-12-23)27-18-13-25(14-19-27)22-30(32)28-20-15-24(21-29(28)31)10-8-6-4-2/h13-14,18-19,23-24,26,28H,3-12,15-17,20-22H2,1-2H3/t23-,24?,26-,28?. The van der Waals surface area contributed by atoms with E-state index in [4.69, 9.17) is 0 Å². The van der Waals surface area contributed by atoms with Gasteiger partial charge in [-0.15, -0.1) is 0 Å². The van der Waals surface area contributed by atoms with E-state index in [1.165, 1.54) is 76.2 Å². The molecule has 0 bridgehead atoms. The van der Waals surface area contributed by atoms with Gasteiger partial charge in [0.1, 0.15) is 11.6 Å². The average Bonchev–Trinajstić information content (AvgIpc) is 2.80. The largest absolute Gasteiger partial charge is 0.299 e. The van der Waals surface area contributed by atoms with Crippen LogP contribution in [0.2, 0.25) is 0 Å². The highest BCUT2D eigenvalue weighted by molar-refractivity contribution is 6.03. The molecule has 0 heterocycles. The lowest BCUT2D eigenvalue weighted by atomic mass is 9.76. The van der Waals surface area contributed by atoms with Crippen LogP contribution < -0.4 is 0 Å². The maximum atomic E-state index is 12.9. The van der Waals surface area contributed by atoms with Crippen LogP contribution in [-0.2, 0) is 16.0 Å². The van der Waals surface area contributed by atoms with Crippen molar-refractivity contribution in [2.75, 3.05) is 0 Å². The van der Waals surface area contributed by atoms with E-state index in [-0.39, 0.29) is 17.5 Å². The Morgan fingerprint density at radius 1 is 0.781 bits per heavy atom. The zero-order valence-corrected chi connectivity index (χ0v) is 20.7. The molecule has 3 rings (SSSR count). The Kier molecular flexibility index (Phi) is 10.5. The highest BCUT2D eigenvalue weighted by Gasteiger charge is 2.33. The molecule has 2 unspecified atom stereocenters. The van der Waals surface area contributed by atoms with E-state index in [2.05, 4.69) is 38.1 Å². The van der Waals surface area contributed by atoms with Gasteiger partial charge in [-0.05, 0) is 67.4 Å². The Labute approximate surface area is 197 Å². The van der Waals surface area contributed by atoms with Crippen LogP contribution in [0.1, 0.15) is 127 Å². The minimum atomic E-state index is -0.347. The van der Waals surface area contributed by atoms with Gasteiger partial charge in [0.25, 0.3) is 0 Å². The quantitative estimate of drug-likeness (QED) is 0.243. The number of benzene rings is 1. The van der Waals surface area contributed by atoms with E-state index < -0.39 is 0 Å². The molecule has 0 aliphatic heterocycles. The molecule has 2 aliphatic carbocycles. The Morgan fingerprint density at radius 3 is 1.97 bits per heavy atom. The summed E-state index contributed by atoms with van der Waals surface area (Å²) in [7, 11) is 0. The fraction of sp³-hybridized carbons (Fsp3) is 0.733. The molecular weight excluding hydrogens is 392 g/mol. The van der Waals surface area contributed by atoms with E-state index in [0.717, 1.165) is 30.7 Å². The number of carbonyl (C=O) groups is 2. The summed E-state index contributed by atoms with van der Waals surface area (Å²) in [5, 5.41) is 0. The summed E-state index contributed by atoms with van der Waals surface area (Å²) >= 11 is 0. The molecule has 1 aromatic rings. The molecule has 0 aromatic heterocycles. The topological polar surface area (TPSA) is 34.1 Å². The van der Waals surface area contributed by atoms with Crippen LogP contribution in [0.15, 0.2) is 24.3 Å². The van der Waals surface area contributed by atoms with Crippen molar-refractivity contribution in [2.24, 2.45) is 17.8 Å². The third kappa shape index (κ3) is 7.56. The monoisotopic (exact) mass is 438 g/mol. The molecule has 0 radical (unpaired) electrons. The molecular formula is C30H46O2. The molecule has 2 saturated carbocycles. The molecule has 32 heavy (non-hydrogen) atoms. The minimum Gasteiger partial charge on any atom is -0.299 e. The summed E-state index contributed by atoms with van der Waals surface area (Å²) in [6.07, 6.45) is 18.6. The first-order chi connectivity index (χ1) is 15.6. The first-order valence-corrected chi connectivity index (χ1v) is 13.7. The lowest BCUT2D eigenvalue weighted by Crippen LogP contribution is -2.32. The number of hydrogen-bond acceptors (Lipinski definition) is 2. The number of unbranched alkanes of at least 4 members (excludes halogenated alkanes) is 4. The number of hydrogen-bond donors (Lipinski definition) is 0. The van der Waals surface area contributed by atoms with E-state index in [0.29, 0.717) is 24.7 Å². The van der Waals surface area contributed by atoms with Crippen LogP contribution in [-0.4, -0.2) is 11.6 Å². The predicted molar refractivity (Wildman–Crippen MR) is 134 cm³/mol. The smallest absolute Gasteiger partial charge is 0.147 e. The fourth-order valence-corrected chi connectivity index (χ4v) is 6.06. The van der Waals surface area contributed by atoms with Gasteiger partial charge in [0.2, 0.25) is 0 Å². The third-order valence-electron chi connectivity index (χ3n) is 8.24. The van der Waals surface area contributed by atoms with Gasteiger partial charge in [-0.25, -0.2) is 0 Å². The summed E-state index contributed by atoms with van der Waals surface area (Å²) in [6.45, 7) is 4.50. The van der Waals surface area contributed by atoms with Crippen LogP contribution in [0.3, 0.4) is 0 Å². The van der Waals surface area contributed by atoms with E-state index in [1.54, 1.807) is 0 Å². The van der Waals surface area contributed by atoms with Crippen molar-refractivity contribution in [1.82, 2.24) is 0 Å². The lowest BCUT2D eigenvalue weighted by Gasteiger charge is -2.29. The normalized spacial score (nSPS) is 26.2. The highest BCUT2D eigenvalue weighted by Crippen LogP contribution is 2.38. The second-order valence-corrected chi connectivity index (χ2v) is 10.8. The van der Waals surface area contributed by atoms with Crippen LogP contribution in [0.4, 0.5) is 0 Å². The maximum absolute atomic E-state index is 12.9. The lowest BCUT2D eigenvalue weighted by molar-refractivity contribution is -0.135. The molecule has 2 heteroatoms. The summed E-state index contributed by atoms with van der Waals surface area (Å²) in [5.74, 6) is 2.14. The van der Waals surface area contributed by atoms with Crippen molar-refractivity contribution < 1.29 is 9.59 Å². The Morgan fingerprint density at radius 2 is 1.38 bits per heavy atom. The summed E-state index contributed by atoms with van der Waals surface area (Å²) in [5.41, 5.74) is 2.52. The summed E-state index contributed by atoms with van der Waals surface area (Å²) in [4.78, 5) is 25.5. The first-order valence-electron chi connectivity index (χ1n) is 13.7. The van der Waals surface area contributed by atoms with Crippen LogP contribution in [0.25, 0.3) is 0 Å². The Hall–Kier alpha value is -1.44. The fourth-order valence-electron chi connectivity index (χ4n) is 6.06. The van der Waals surface area contributed by atoms with Gasteiger partial charge in [-0.1, -0.05) is 89.5 Å². The first kappa shape index (κ1) is 25.2. The van der Waals surface area contributed by atoms with Crippen molar-refractivity contribution in [3.05, 3.63) is 35.4 Å². The maximum Gasteiger partial charge on any atom is 0.147 e. The molecule has 2 aliphatic rings. The number of Topliss-reactive ketones (excluding diaryl/α,β-unsaturated/α-hetero) is 2. The second-order valence-electron chi connectivity index (χ2n) is 10.8. The zero-order chi connectivity index (χ0) is 22.8. The van der Waals surface area contributed by atoms with E-state index in [1.807, 2.05) is 0 Å². The molecule has 0 N–H and O–H groups in total. The van der Waals surface area contributed by atoms with Gasteiger partial charge in [0.05, 0.1) is 5.92 Å². The second kappa shape index (κ2) is 13.3. The van der Waals surface area contributed by atoms with E-state index in [9.17, 15) is 9.59 Å². The average molecular weight is 439 g/mol. The predicted octanol–water partition coefficient (Wildman–Crippen LogP) is 8.22. The molecule has 0 spiro atoms. The van der Waals surface area contributed by atoms with E-state index >= 15 is 0 Å². The van der Waals surface area contributed by atoms with Crippen LogP contribution in [0, 0.1) is 17.8 Å². The van der Waals surface area contributed by atoms with Gasteiger partial charge in [-0.2, -0.15) is 0 Å². The number of carbonyl (C=O) groups excluding carboxylic acids is 2. The molecule has 178 valence electrons. The molecule has 2 fully saturated rings. The van der Waals surface area contributed by atoms with Crippen LogP contribution in [0.5, 0.6) is 0 Å². The molecule has 0 saturated heterocycles. The van der Waals surface area contributed by atoms with Crippen molar-refractivity contribution in [1.29, 1.82) is 0 Å². The molecule has 2 atom stereocenters. The molecule has 2 nitrogen and oxygen atoms in total.